The van der Waals surface area contributed by atoms with Crippen LogP contribution in [0.5, 0.6) is 0 Å². The van der Waals surface area contributed by atoms with Gasteiger partial charge in [0.25, 0.3) is 0 Å². The van der Waals surface area contributed by atoms with Crippen molar-refractivity contribution in [1.82, 2.24) is 14.7 Å². The van der Waals surface area contributed by atoms with Crippen LogP contribution in [0.25, 0.3) is 0 Å². The van der Waals surface area contributed by atoms with Crippen molar-refractivity contribution in [3.8, 4) is 0 Å². The molecule has 116 valence electrons. The van der Waals surface area contributed by atoms with Crippen molar-refractivity contribution in [2.24, 2.45) is 4.99 Å². The lowest BCUT2D eigenvalue weighted by molar-refractivity contribution is 0.123. The second-order valence-electron chi connectivity index (χ2n) is 5.78. The van der Waals surface area contributed by atoms with E-state index in [1.807, 2.05) is 7.05 Å². The lowest BCUT2D eigenvalue weighted by Crippen LogP contribution is -2.52. The van der Waals surface area contributed by atoms with Crippen molar-refractivity contribution in [2.45, 2.75) is 19.4 Å². The van der Waals surface area contributed by atoms with E-state index in [0.717, 1.165) is 38.6 Å². The summed E-state index contributed by atoms with van der Waals surface area (Å²) in [5, 5.41) is 0. The number of piperazine rings is 1. The Balaban J connectivity index is 2.00. The van der Waals surface area contributed by atoms with Gasteiger partial charge in [-0.3, -0.25) is 9.89 Å². The van der Waals surface area contributed by atoms with Gasteiger partial charge >= 0.3 is 0 Å². The van der Waals surface area contributed by atoms with Gasteiger partial charge in [-0.2, -0.15) is 0 Å². The number of rotatable bonds is 3. The van der Waals surface area contributed by atoms with Crippen molar-refractivity contribution >= 4 is 5.96 Å². The summed E-state index contributed by atoms with van der Waals surface area (Å²) >= 11 is 0. The van der Waals surface area contributed by atoms with Crippen LogP contribution in [0.2, 0.25) is 0 Å². The van der Waals surface area contributed by atoms with E-state index in [0.29, 0.717) is 6.04 Å². The minimum Gasteiger partial charge on any atom is -0.349 e. The average Bonchev–Trinajstić information content (AvgIpc) is 2.51. The van der Waals surface area contributed by atoms with Crippen molar-refractivity contribution in [3.63, 3.8) is 0 Å². The van der Waals surface area contributed by atoms with Gasteiger partial charge in [-0.25, -0.2) is 0 Å². The Kier molecular flexibility index (Phi) is 5.62. The molecule has 1 aliphatic heterocycles. The summed E-state index contributed by atoms with van der Waals surface area (Å²) in [5.41, 5.74) is 1.44. The fourth-order valence-corrected chi connectivity index (χ4v) is 3.24. The highest BCUT2D eigenvalue weighted by molar-refractivity contribution is 5.79. The molecule has 4 heteroatoms. The normalized spacial score (nSPS) is 18.7. The van der Waals surface area contributed by atoms with E-state index in [2.05, 4.69) is 71.0 Å². The SMILES string of the molecule is CCC(c1ccccc1)N1CCN(C(=NC)N(C)C)CC1. The molecule has 0 aliphatic carbocycles. The zero-order chi connectivity index (χ0) is 15.2. The highest BCUT2D eigenvalue weighted by Gasteiger charge is 2.25. The molecule has 0 spiro atoms. The Morgan fingerprint density at radius 2 is 1.76 bits per heavy atom. The summed E-state index contributed by atoms with van der Waals surface area (Å²) in [6, 6.07) is 11.4. The maximum Gasteiger partial charge on any atom is 0.195 e. The molecule has 0 radical (unpaired) electrons. The number of hydrogen-bond acceptors (Lipinski definition) is 2. The third-order valence-electron chi connectivity index (χ3n) is 4.21. The predicted molar refractivity (Wildman–Crippen MR) is 89.7 cm³/mol. The molecule has 0 bridgehead atoms. The number of guanidine groups is 1. The molecule has 0 N–H and O–H groups in total. The molecule has 1 saturated heterocycles. The van der Waals surface area contributed by atoms with Crippen LogP contribution in [-0.4, -0.2) is 68.0 Å². The lowest BCUT2D eigenvalue weighted by atomic mass is 10.0. The van der Waals surface area contributed by atoms with Crippen molar-refractivity contribution in [3.05, 3.63) is 35.9 Å². The minimum atomic E-state index is 0.537. The smallest absolute Gasteiger partial charge is 0.195 e. The number of nitrogens with zero attached hydrogens (tertiary/aromatic N) is 4. The molecule has 1 unspecified atom stereocenters. The van der Waals surface area contributed by atoms with Gasteiger partial charge in [0.15, 0.2) is 5.96 Å². The van der Waals surface area contributed by atoms with Gasteiger partial charge in [-0.15, -0.1) is 0 Å². The summed E-state index contributed by atoms with van der Waals surface area (Å²) < 4.78 is 0. The molecule has 1 aromatic carbocycles. The van der Waals surface area contributed by atoms with E-state index in [9.17, 15) is 0 Å². The number of aliphatic imine (C=N–C) groups is 1. The Morgan fingerprint density at radius 1 is 1.14 bits per heavy atom. The van der Waals surface area contributed by atoms with Crippen LogP contribution >= 0.6 is 0 Å². The molecule has 4 nitrogen and oxygen atoms in total. The van der Waals surface area contributed by atoms with Crippen LogP contribution in [0, 0.1) is 0 Å². The first-order valence-electron chi connectivity index (χ1n) is 7.85. The van der Waals surface area contributed by atoms with Gasteiger partial charge in [0.2, 0.25) is 0 Å². The Labute approximate surface area is 129 Å². The molecule has 1 atom stereocenters. The predicted octanol–water partition coefficient (Wildman–Crippen LogP) is 2.30. The van der Waals surface area contributed by atoms with Gasteiger partial charge in [0.1, 0.15) is 0 Å². The molecule has 1 aromatic rings. The third-order valence-corrected chi connectivity index (χ3v) is 4.21. The highest BCUT2D eigenvalue weighted by atomic mass is 15.4. The summed E-state index contributed by atoms with van der Waals surface area (Å²) in [6.45, 7) is 6.58. The molecule has 0 aromatic heterocycles. The standard InChI is InChI=1S/C17H28N4/c1-5-16(15-9-7-6-8-10-15)20-11-13-21(14-12-20)17(18-2)19(3)4/h6-10,16H,5,11-14H2,1-4H3. The Bertz CT molecular complexity index is 447. The molecule has 1 fully saturated rings. The summed E-state index contributed by atoms with van der Waals surface area (Å²) in [6.07, 6.45) is 1.16. The molecule has 1 heterocycles. The monoisotopic (exact) mass is 288 g/mol. The zero-order valence-electron chi connectivity index (χ0n) is 13.8. The van der Waals surface area contributed by atoms with Gasteiger partial charge in [0, 0.05) is 53.4 Å². The Hall–Kier alpha value is -1.55. The van der Waals surface area contributed by atoms with Crippen LogP contribution in [0.4, 0.5) is 0 Å². The first kappa shape index (κ1) is 15.8. The molecule has 21 heavy (non-hydrogen) atoms. The van der Waals surface area contributed by atoms with Crippen molar-refractivity contribution in [2.75, 3.05) is 47.3 Å². The summed E-state index contributed by atoms with van der Waals surface area (Å²) in [4.78, 5) is 11.5. The lowest BCUT2D eigenvalue weighted by Gasteiger charge is -2.41. The van der Waals surface area contributed by atoms with Crippen LogP contribution in [0.1, 0.15) is 24.9 Å². The van der Waals surface area contributed by atoms with E-state index in [-0.39, 0.29) is 0 Å². The second-order valence-corrected chi connectivity index (χ2v) is 5.78. The van der Waals surface area contributed by atoms with Crippen LogP contribution in [-0.2, 0) is 0 Å². The molecule has 0 amide bonds. The number of hydrogen-bond donors (Lipinski definition) is 0. The first-order valence-corrected chi connectivity index (χ1v) is 7.85. The number of benzene rings is 1. The van der Waals surface area contributed by atoms with E-state index in [1.54, 1.807) is 0 Å². The topological polar surface area (TPSA) is 22.1 Å². The van der Waals surface area contributed by atoms with Gasteiger partial charge < -0.3 is 9.80 Å². The van der Waals surface area contributed by atoms with Gasteiger partial charge in [-0.05, 0) is 12.0 Å². The van der Waals surface area contributed by atoms with Gasteiger partial charge in [0.05, 0.1) is 0 Å². The quantitative estimate of drug-likeness (QED) is 0.629. The molecule has 1 aliphatic rings. The minimum absolute atomic E-state index is 0.537. The average molecular weight is 288 g/mol. The van der Waals surface area contributed by atoms with Crippen molar-refractivity contribution in [1.29, 1.82) is 0 Å². The maximum atomic E-state index is 4.41. The van der Waals surface area contributed by atoms with E-state index in [1.165, 1.54) is 5.56 Å². The summed E-state index contributed by atoms with van der Waals surface area (Å²) in [5.74, 6) is 1.09. The molecule has 0 saturated carbocycles. The third kappa shape index (κ3) is 3.76. The van der Waals surface area contributed by atoms with Crippen molar-refractivity contribution < 1.29 is 0 Å². The fourth-order valence-electron chi connectivity index (χ4n) is 3.24. The van der Waals surface area contributed by atoms with E-state index < -0.39 is 0 Å². The van der Waals surface area contributed by atoms with E-state index >= 15 is 0 Å². The highest BCUT2D eigenvalue weighted by Crippen LogP contribution is 2.25. The molecule has 2 rings (SSSR count). The van der Waals surface area contributed by atoms with Crippen LogP contribution < -0.4 is 0 Å². The van der Waals surface area contributed by atoms with Crippen LogP contribution in [0.3, 0.4) is 0 Å². The Morgan fingerprint density at radius 3 is 2.24 bits per heavy atom. The maximum absolute atomic E-state index is 4.41. The molecular formula is C17H28N4. The first-order chi connectivity index (χ1) is 10.2. The van der Waals surface area contributed by atoms with Crippen LogP contribution in [0.15, 0.2) is 35.3 Å². The largest absolute Gasteiger partial charge is 0.349 e. The second kappa shape index (κ2) is 7.46. The summed E-state index contributed by atoms with van der Waals surface area (Å²) in [7, 11) is 6.00. The zero-order valence-corrected chi connectivity index (χ0v) is 13.8. The fraction of sp³-hybridized carbons (Fsp3) is 0.588. The van der Waals surface area contributed by atoms with E-state index in [4.69, 9.17) is 0 Å². The molecular weight excluding hydrogens is 260 g/mol. The van der Waals surface area contributed by atoms with Gasteiger partial charge in [-0.1, -0.05) is 37.3 Å².